The molecule has 6 heteroatoms. The minimum Gasteiger partial charge on any atom is -0.504 e. The van der Waals surface area contributed by atoms with Crippen LogP contribution in [-0.4, -0.2) is 27.0 Å². The van der Waals surface area contributed by atoms with Crippen LogP contribution in [0.2, 0.25) is 0 Å². The topological polar surface area (TPSA) is 92.3 Å². The van der Waals surface area contributed by atoms with Crippen LogP contribution in [0.15, 0.2) is 18.2 Å². The second-order valence-corrected chi connectivity index (χ2v) is 4.66. The first-order valence-electron chi connectivity index (χ1n) is 5.25. The summed E-state index contributed by atoms with van der Waals surface area (Å²) in [5.41, 5.74) is 6.17. The first-order valence-corrected chi connectivity index (χ1v) is 6.07. The molecule has 0 aliphatic carbocycles. The Morgan fingerprint density at radius 1 is 1.18 bits per heavy atom. The molecule has 1 aromatic carbocycles. The fraction of sp³-hybridized carbons (Fsp3) is 0.273. The summed E-state index contributed by atoms with van der Waals surface area (Å²) in [5, 5.41) is 28.4. The fourth-order valence-corrected chi connectivity index (χ4v) is 2.26. The molecule has 1 heterocycles. The van der Waals surface area contributed by atoms with Crippen molar-refractivity contribution in [2.45, 2.75) is 12.8 Å². The summed E-state index contributed by atoms with van der Waals surface area (Å²) in [6, 6.07) is 4.61. The van der Waals surface area contributed by atoms with Crippen molar-refractivity contribution in [3.8, 4) is 22.1 Å². The molecule has 5 nitrogen and oxygen atoms in total. The fourth-order valence-electron chi connectivity index (χ4n) is 1.38. The van der Waals surface area contributed by atoms with Crippen LogP contribution < -0.4 is 5.73 Å². The van der Waals surface area contributed by atoms with Gasteiger partial charge in [0.1, 0.15) is 10.0 Å². The minimum atomic E-state index is -0.152. The molecule has 0 bridgehead atoms. The molecule has 2 rings (SSSR count). The van der Waals surface area contributed by atoms with Crippen LogP contribution in [0, 0.1) is 0 Å². The molecule has 0 unspecified atom stereocenters. The van der Waals surface area contributed by atoms with E-state index in [4.69, 9.17) is 5.73 Å². The normalized spacial score (nSPS) is 10.6. The van der Waals surface area contributed by atoms with E-state index in [9.17, 15) is 10.2 Å². The number of hydrogen-bond donors (Lipinski definition) is 3. The lowest BCUT2D eigenvalue weighted by Crippen LogP contribution is -1.99. The molecule has 0 saturated heterocycles. The third-order valence-corrected chi connectivity index (χ3v) is 3.32. The molecule has 0 saturated carbocycles. The van der Waals surface area contributed by atoms with Crippen molar-refractivity contribution in [1.82, 2.24) is 10.2 Å². The Bertz CT molecular complexity index is 513. The molecule has 17 heavy (non-hydrogen) atoms. The van der Waals surface area contributed by atoms with Gasteiger partial charge in [0.15, 0.2) is 11.5 Å². The smallest absolute Gasteiger partial charge is 0.158 e. The summed E-state index contributed by atoms with van der Waals surface area (Å²) in [6.07, 6.45) is 1.70. The van der Waals surface area contributed by atoms with Crippen LogP contribution in [0.4, 0.5) is 0 Å². The van der Waals surface area contributed by atoms with Crippen molar-refractivity contribution >= 4 is 11.3 Å². The zero-order valence-electron chi connectivity index (χ0n) is 9.13. The van der Waals surface area contributed by atoms with Gasteiger partial charge in [-0.25, -0.2) is 0 Å². The highest BCUT2D eigenvalue weighted by Gasteiger charge is 2.08. The molecule has 0 spiro atoms. The summed E-state index contributed by atoms with van der Waals surface area (Å²) in [4.78, 5) is 0. The molecule has 0 radical (unpaired) electrons. The highest BCUT2D eigenvalue weighted by atomic mass is 32.1. The van der Waals surface area contributed by atoms with Gasteiger partial charge in [-0.1, -0.05) is 11.3 Å². The first-order chi connectivity index (χ1) is 8.20. The van der Waals surface area contributed by atoms with Crippen LogP contribution in [0.3, 0.4) is 0 Å². The van der Waals surface area contributed by atoms with Crippen LogP contribution in [-0.2, 0) is 6.42 Å². The molecular weight excluding hydrogens is 238 g/mol. The molecule has 2 aromatic rings. The molecule has 0 atom stereocenters. The monoisotopic (exact) mass is 251 g/mol. The number of phenolic OH excluding ortho intramolecular Hbond substituents is 2. The maximum Gasteiger partial charge on any atom is 0.158 e. The number of aromatic nitrogens is 2. The summed E-state index contributed by atoms with van der Waals surface area (Å²) in [7, 11) is 0. The average molecular weight is 251 g/mol. The Labute approximate surface area is 103 Å². The van der Waals surface area contributed by atoms with Crippen LogP contribution >= 0.6 is 11.3 Å². The lowest BCUT2D eigenvalue weighted by atomic mass is 10.2. The highest BCUT2D eigenvalue weighted by molar-refractivity contribution is 7.14. The van der Waals surface area contributed by atoms with E-state index >= 15 is 0 Å². The van der Waals surface area contributed by atoms with Crippen molar-refractivity contribution < 1.29 is 10.2 Å². The van der Waals surface area contributed by atoms with Gasteiger partial charge in [0.05, 0.1) is 0 Å². The van der Waals surface area contributed by atoms with E-state index in [-0.39, 0.29) is 11.5 Å². The summed E-state index contributed by atoms with van der Waals surface area (Å²) in [6.45, 7) is 0.634. The zero-order chi connectivity index (χ0) is 12.3. The number of phenols is 2. The van der Waals surface area contributed by atoms with Crippen molar-refractivity contribution in [3.63, 3.8) is 0 Å². The van der Waals surface area contributed by atoms with Crippen LogP contribution in [0.25, 0.3) is 10.6 Å². The number of aromatic hydroxyl groups is 2. The van der Waals surface area contributed by atoms with Gasteiger partial charge in [-0.05, 0) is 31.2 Å². The van der Waals surface area contributed by atoms with E-state index in [0.29, 0.717) is 6.54 Å². The van der Waals surface area contributed by atoms with Gasteiger partial charge in [0.2, 0.25) is 0 Å². The highest BCUT2D eigenvalue weighted by Crippen LogP contribution is 2.31. The standard InChI is InChI=1S/C11H13N3O2S/c12-5-1-2-10-13-14-11(17-10)7-3-4-8(15)9(16)6-7/h3-4,6,15-16H,1-2,5,12H2. The average Bonchev–Trinajstić information content (AvgIpc) is 2.79. The van der Waals surface area contributed by atoms with Gasteiger partial charge in [0.25, 0.3) is 0 Å². The maximum absolute atomic E-state index is 9.40. The first kappa shape index (κ1) is 11.8. The second kappa shape index (κ2) is 5.11. The van der Waals surface area contributed by atoms with E-state index in [2.05, 4.69) is 10.2 Å². The number of nitrogens with two attached hydrogens (primary N) is 1. The number of nitrogens with zero attached hydrogens (tertiary/aromatic N) is 2. The van der Waals surface area contributed by atoms with E-state index in [1.807, 2.05) is 0 Å². The lowest BCUT2D eigenvalue weighted by Gasteiger charge is -1.98. The van der Waals surface area contributed by atoms with Gasteiger partial charge in [-0.15, -0.1) is 10.2 Å². The summed E-state index contributed by atoms with van der Waals surface area (Å²) in [5.74, 6) is -0.289. The molecule has 0 aliphatic rings. The SMILES string of the molecule is NCCCc1nnc(-c2ccc(O)c(O)c2)s1. The van der Waals surface area contributed by atoms with Crippen LogP contribution in [0.5, 0.6) is 11.5 Å². The third kappa shape index (κ3) is 2.72. The van der Waals surface area contributed by atoms with E-state index < -0.39 is 0 Å². The Kier molecular flexibility index (Phi) is 3.55. The third-order valence-electron chi connectivity index (χ3n) is 2.28. The quantitative estimate of drug-likeness (QED) is 0.716. The minimum absolute atomic E-state index is 0.137. The van der Waals surface area contributed by atoms with E-state index in [1.54, 1.807) is 6.07 Å². The summed E-state index contributed by atoms with van der Waals surface area (Å²) >= 11 is 1.47. The number of aryl methyl sites for hydroxylation is 1. The van der Waals surface area contributed by atoms with Crippen molar-refractivity contribution in [2.24, 2.45) is 5.73 Å². The zero-order valence-corrected chi connectivity index (χ0v) is 9.94. The molecule has 0 aliphatic heterocycles. The van der Waals surface area contributed by atoms with Gasteiger partial charge >= 0.3 is 0 Å². The molecule has 1 aromatic heterocycles. The lowest BCUT2D eigenvalue weighted by molar-refractivity contribution is 0.404. The summed E-state index contributed by atoms with van der Waals surface area (Å²) < 4.78 is 0. The van der Waals surface area contributed by atoms with Crippen LogP contribution in [0.1, 0.15) is 11.4 Å². The number of hydrogen-bond acceptors (Lipinski definition) is 6. The van der Waals surface area contributed by atoms with Crippen molar-refractivity contribution in [1.29, 1.82) is 0 Å². The van der Waals surface area contributed by atoms with Gasteiger partial charge in [-0.3, -0.25) is 0 Å². The molecule has 90 valence electrons. The predicted molar refractivity (Wildman–Crippen MR) is 66.1 cm³/mol. The Morgan fingerprint density at radius 2 is 2.00 bits per heavy atom. The van der Waals surface area contributed by atoms with E-state index in [1.165, 1.54) is 23.5 Å². The Morgan fingerprint density at radius 3 is 2.71 bits per heavy atom. The van der Waals surface area contributed by atoms with Crippen molar-refractivity contribution in [3.05, 3.63) is 23.2 Å². The Balaban J connectivity index is 2.21. The largest absolute Gasteiger partial charge is 0.504 e. The molecule has 0 fully saturated rings. The van der Waals surface area contributed by atoms with Gasteiger partial charge < -0.3 is 15.9 Å². The number of benzene rings is 1. The van der Waals surface area contributed by atoms with Gasteiger partial charge in [0, 0.05) is 12.0 Å². The maximum atomic E-state index is 9.40. The van der Waals surface area contributed by atoms with Crippen molar-refractivity contribution in [2.75, 3.05) is 6.54 Å². The predicted octanol–water partition coefficient (Wildman–Crippen LogP) is 1.51. The number of rotatable bonds is 4. The van der Waals surface area contributed by atoms with E-state index in [0.717, 1.165) is 28.4 Å². The molecule has 0 amide bonds. The Hall–Kier alpha value is -1.66. The molecule has 4 N–H and O–H groups in total. The van der Waals surface area contributed by atoms with Gasteiger partial charge in [-0.2, -0.15) is 0 Å². The second-order valence-electron chi connectivity index (χ2n) is 3.60. The molecular formula is C11H13N3O2S.